The van der Waals surface area contributed by atoms with Gasteiger partial charge in [-0.2, -0.15) is 0 Å². The summed E-state index contributed by atoms with van der Waals surface area (Å²) in [7, 11) is 0. The summed E-state index contributed by atoms with van der Waals surface area (Å²) in [5, 5.41) is 33.8. The van der Waals surface area contributed by atoms with E-state index in [2.05, 4.69) is 13.8 Å². The summed E-state index contributed by atoms with van der Waals surface area (Å²) in [6.45, 7) is 10.0. The van der Waals surface area contributed by atoms with Gasteiger partial charge in [-0.15, -0.1) is 0 Å². The Labute approximate surface area is 188 Å². The van der Waals surface area contributed by atoms with Gasteiger partial charge >= 0.3 is 0 Å². The number of fused-ring (bicyclic) bond motifs is 5. The molecule has 4 nitrogen and oxygen atoms in total. The molecule has 0 radical (unpaired) electrons. The molecule has 3 saturated carbocycles. The predicted octanol–water partition coefficient (Wildman–Crippen LogP) is 4.94. The Bertz CT molecular complexity index is 762. The zero-order valence-corrected chi connectivity index (χ0v) is 20.3. The third-order valence-corrected chi connectivity index (χ3v) is 10.2. The van der Waals surface area contributed by atoms with Gasteiger partial charge in [0.05, 0.1) is 16.8 Å². The average Bonchev–Trinajstić information content (AvgIpc) is 2.93. The van der Waals surface area contributed by atoms with Crippen LogP contribution in [0.15, 0.2) is 11.6 Å². The van der Waals surface area contributed by atoms with Crippen molar-refractivity contribution in [3.05, 3.63) is 11.6 Å². The molecule has 4 aliphatic carbocycles. The second-order valence-corrected chi connectivity index (χ2v) is 12.8. The van der Waals surface area contributed by atoms with Gasteiger partial charge in [-0.3, -0.25) is 4.79 Å². The third-order valence-electron chi connectivity index (χ3n) is 10.2. The van der Waals surface area contributed by atoms with Gasteiger partial charge in [-0.25, -0.2) is 0 Å². The van der Waals surface area contributed by atoms with Crippen LogP contribution in [0.1, 0.15) is 105 Å². The summed E-state index contributed by atoms with van der Waals surface area (Å²) in [6.07, 6.45) is 11.6. The maximum absolute atomic E-state index is 13.2. The van der Waals surface area contributed by atoms with Crippen LogP contribution in [0.2, 0.25) is 0 Å². The lowest BCUT2D eigenvalue weighted by Crippen LogP contribution is -2.60. The lowest BCUT2D eigenvalue weighted by atomic mass is 9.46. The van der Waals surface area contributed by atoms with Gasteiger partial charge in [-0.1, -0.05) is 26.7 Å². The molecule has 0 amide bonds. The maximum atomic E-state index is 13.2. The Morgan fingerprint density at radius 3 is 2.35 bits per heavy atom. The molecule has 0 heterocycles. The molecule has 4 rings (SSSR count). The minimum atomic E-state index is -0.998. The zero-order chi connectivity index (χ0) is 22.9. The van der Waals surface area contributed by atoms with Crippen molar-refractivity contribution in [2.75, 3.05) is 0 Å². The average molecular weight is 433 g/mol. The highest BCUT2D eigenvalue weighted by Crippen LogP contribution is 2.68. The molecule has 0 aromatic heterocycles. The van der Waals surface area contributed by atoms with E-state index in [-0.39, 0.29) is 29.0 Å². The highest BCUT2D eigenvalue weighted by Gasteiger charge is 2.67. The molecule has 3 N–H and O–H groups in total. The fourth-order valence-corrected chi connectivity index (χ4v) is 8.44. The summed E-state index contributed by atoms with van der Waals surface area (Å²) < 4.78 is 0. The van der Waals surface area contributed by atoms with Crippen LogP contribution in [-0.2, 0) is 4.79 Å². The van der Waals surface area contributed by atoms with E-state index in [4.69, 9.17) is 0 Å². The minimum absolute atomic E-state index is 0.0133. The first kappa shape index (κ1) is 23.4. The molecule has 3 fully saturated rings. The second kappa shape index (κ2) is 7.40. The monoisotopic (exact) mass is 432 g/mol. The van der Waals surface area contributed by atoms with Crippen LogP contribution in [-0.4, -0.2) is 37.9 Å². The first-order valence-corrected chi connectivity index (χ1v) is 12.7. The SMILES string of the molecule is CC(C)(O)CCC[C@](C)(O)C1CC[C@@]2(O)C3=CC(=O)C4CCCCC4(C)C3CCC12C. The van der Waals surface area contributed by atoms with Gasteiger partial charge in [-0.05, 0) is 107 Å². The number of aliphatic hydroxyl groups is 3. The van der Waals surface area contributed by atoms with E-state index in [0.717, 1.165) is 50.5 Å². The highest BCUT2D eigenvalue weighted by molar-refractivity contribution is 5.94. The van der Waals surface area contributed by atoms with Crippen molar-refractivity contribution in [3.63, 3.8) is 0 Å². The van der Waals surface area contributed by atoms with Gasteiger partial charge in [0.2, 0.25) is 0 Å². The number of hydrogen-bond acceptors (Lipinski definition) is 4. The van der Waals surface area contributed by atoms with Crippen molar-refractivity contribution in [2.24, 2.45) is 28.6 Å². The predicted molar refractivity (Wildman–Crippen MR) is 122 cm³/mol. The van der Waals surface area contributed by atoms with E-state index >= 15 is 0 Å². The maximum Gasteiger partial charge on any atom is 0.159 e. The number of hydrogen-bond donors (Lipinski definition) is 3. The summed E-state index contributed by atoms with van der Waals surface area (Å²) in [4.78, 5) is 13.2. The molecular weight excluding hydrogens is 388 g/mol. The molecule has 0 spiro atoms. The van der Waals surface area contributed by atoms with Crippen molar-refractivity contribution in [3.8, 4) is 0 Å². The third kappa shape index (κ3) is 3.56. The van der Waals surface area contributed by atoms with E-state index < -0.39 is 22.2 Å². The van der Waals surface area contributed by atoms with E-state index in [1.165, 1.54) is 6.42 Å². The molecule has 4 heteroatoms. The summed E-state index contributed by atoms with van der Waals surface area (Å²) in [5.41, 5.74) is -2.08. The number of carbonyl (C=O) groups excluding carboxylic acids is 1. The fourth-order valence-electron chi connectivity index (χ4n) is 8.44. The molecule has 0 bridgehead atoms. The van der Waals surface area contributed by atoms with Gasteiger partial charge in [0.25, 0.3) is 0 Å². The van der Waals surface area contributed by atoms with Crippen LogP contribution >= 0.6 is 0 Å². The van der Waals surface area contributed by atoms with Crippen molar-refractivity contribution in [2.45, 2.75) is 122 Å². The first-order valence-electron chi connectivity index (χ1n) is 12.7. The van der Waals surface area contributed by atoms with Crippen molar-refractivity contribution in [1.82, 2.24) is 0 Å². The first-order chi connectivity index (χ1) is 14.2. The van der Waals surface area contributed by atoms with Gasteiger partial charge < -0.3 is 15.3 Å². The Hall–Kier alpha value is -0.710. The zero-order valence-electron chi connectivity index (χ0n) is 20.3. The smallest absolute Gasteiger partial charge is 0.159 e. The minimum Gasteiger partial charge on any atom is -0.390 e. The number of allylic oxidation sites excluding steroid dienone is 1. The largest absolute Gasteiger partial charge is 0.390 e. The van der Waals surface area contributed by atoms with E-state index in [1.54, 1.807) is 0 Å². The number of ketones is 1. The van der Waals surface area contributed by atoms with E-state index in [9.17, 15) is 20.1 Å². The van der Waals surface area contributed by atoms with Crippen molar-refractivity contribution < 1.29 is 20.1 Å². The van der Waals surface area contributed by atoms with Gasteiger partial charge in [0, 0.05) is 11.3 Å². The van der Waals surface area contributed by atoms with Crippen LogP contribution in [0, 0.1) is 28.6 Å². The lowest BCUT2D eigenvalue weighted by Gasteiger charge is -2.60. The Morgan fingerprint density at radius 1 is 0.968 bits per heavy atom. The molecule has 31 heavy (non-hydrogen) atoms. The molecule has 0 aromatic rings. The molecule has 4 aliphatic rings. The number of carbonyl (C=O) groups is 1. The number of rotatable bonds is 5. The quantitative estimate of drug-likeness (QED) is 0.575. The standard InChI is InChI=1S/C27H44O4/c1-23(2,29)12-8-14-26(5,30)22-11-16-27(31)20-17-21(28)19-9-6-7-13-24(19,3)18(20)10-15-25(22,27)4/h17-19,22,29-31H,6-16H2,1-5H3/t18?,19?,22?,24?,25?,26-,27+/m0/s1. The molecule has 176 valence electrons. The van der Waals surface area contributed by atoms with Crippen LogP contribution in [0.5, 0.6) is 0 Å². The van der Waals surface area contributed by atoms with Gasteiger partial charge in [0.15, 0.2) is 5.78 Å². The molecule has 7 atom stereocenters. The molecule has 5 unspecified atom stereocenters. The fraction of sp³-hybridized carbons (Fsp3) is 0.889. The Balaban J connectivity index is 1.63. The molecule has 0 aromatic carbocycles. The molecule has 0 saturated heterocycles. The van der Waals surface area contributed by atoms with Crippen LogP contribution in [0.3, 0.4) is 0 Å². The molecular formula is C27H44O4. The summed E-state index contributed by atoms with van der Waals surface area (Å²) in [5.74, 6) is 0.615. The topological polar surface area (TPSA) is 77.8 Å². The lowest BCUT2D eigenvalue weighted by molar-refractivity contribution is -0.147. The second-order valence-electron chi connectivity index (χ2n) is 12.8. The van der Waals surface area contributed by atoms with Crippen LogP contribution in [0.25, 0.3) is 0 Å². The normalized spacial score (nSPS) is 44.7. The molecule has 0 aliphatic heterocycles. The van der Waals surface area contributed by atoms with Crippen molar-refractivity contribution >= 4 is 5.78 Å². The summed E-state index contributed by atoms with van der Waals surface area (Å²) >= 11 is 0. The van der Waals surface area contributed by atoms with E-state index in [1.807, 2.05) is 26.8 Å². The summed E-state index contributed by atoms with van der Waals surface area (Å²) in [6, 6.07) is 0. The van der Waals surface area contributed by atoms with Crippen molar-refractivity contribution in [1.29, 1.82) is 0 Å². The van der Waals surface area contributed by atoms with Crippen LogP contribution in [0.4, 0.5) is 0 Å². The van der Waals surface area contributed by atoms with Gasteiger partial charge in [0.1, 0.15) is 0 Å². The Morgan fingerprint density at radius 2 is 1.68 bits per heavy atom. The van der Waals surface area contributed by atoms with Crippen LogP contribution < -0.4 is 0 Å². The Kier molecular flexibility index (Phi) is 5.60. The highest BCUT2D eigenvalue weighted by atomic mass is 16.3. The van der Waals surface area contributed by atoms with E-state index in [0.29, 0.717) is 19.3 Å².